The maximum Gasteiger partial charge on any atom is 0.240 e. The van der Waals surface area contributed by atoms with Crippen molar-refractivity contribution in [3.05, 3.63) is 0 Å². The van der Waals surface area contributed by atoms with Crippen LogP contribution in [0.2, 0.25) is 0 Å². The second kappa shape index (κ2) is 4.52. The minimum absolute atomic E-state index is 0.0854. The summed E-state index contributed by atoms with van der Waals surface area (Å²) in [7, 11) is 1.88. The van der Waals surface area contributed by atoms with Crippen LogP contribution in [0.1, 0.15) is 39.0 Å². The molecule has 2 aliphatic rings. The Morgan fingerprint density at radius 1 is 1.33 bits per heavy atom. The average Bonchev–Trinajstić information content (AvgIpc) is 2.59. The molecule has 0 bridgehead atoms. The molecule has 1 heterocycles. The maximum atomic E-state index is 12.0. The van der Waals surface area contributed by atoms with E-state index < -0.39 is 0 Å². The van der Waals surface area contributed by atoms with Crippen LogP contribution in [-0.2, 0) is 4.79 Å². The van der Waals surface area contributed by atoms with Crippen LogP contribution in [0, 0.1) is 5.92 Å². The summed E-state index contributed by atoms with van der Waals surface area (Å²) in [4.78, 5) is 14.1. The molecule has 15 heavy (non-hydrogen) atoms. The Morgan fingerprint density at radius 3 is 2.73 bits per heavy atom. The van der Waals surface area contributed by atoms with E-state index >= 15 is 0 Å². The molecule has 1 amide bonds. The van der Waals surface area contributed by atoms with E-state index in [9.17, 15) is 4.79 Å². The molecule has 86 valence electrons. The van der Waals surface area contributed by atoms with E-state index in [4.69, 9.17) is 0 Å². The second-order valence-corrected chi connectivity index (χ2v) is 5.09. The highest BCUT2D eigenvalue weighted by atomic mass is 16.2. The maximum absolute atomic E-state index is 12.0. The number of likely N-dealkylation sites (tertiary alicyclic amines) is 1. The summed E-state index contributed by atoms with van der Waals surface area (Å²) in [5, 5.41) is 3.10. The minimum atomic E-state index is 0.0854. The third-order valence-corrected chi connectivity index (χ3v) is 3.94. The molecule has 2 fully saturated rings. The molecule has 3 heteroatoms. The van der Waals surface area contributed by atoms with E-state index in [0.717, 1.165) is 18.9 Å². The van der Waals surface area contributed by atoms with Crippen LogP contribution in [0.3, 0.4) is 0 Å². The first-order valence-electron chi connectivity index (χ1n) is 6.20. The summed E-state index contributed by atoms with van der Waals surface area (Å²) in [6.07, 6.45) is 6.04. The fourth-order valence-electron chi connectivity index (χ4n) is 3.02. The molecule has 3 atom stereocenters. The predicted octanol–water partition coefficient (Wildman–Crippen LogP) is 1.39. The van der Waals surface area contributed by atoms with Gasteiger partial charge in [-0.25, -0.2) is 0 Å². The van der Waals surface area contributed by atoms with Gasteiger partial charge in [0.1, 0.15) is 0 Å². The molecule has 1 N–H and O–H groups in total. The van der Waals surface area contributed by atoms with E-state index in [1.165, 1.54) is 25.7 Å². The largest absolute Gasteiger partial charge is 0.338 e. The van der Waals surface area contributed by atoms with Crippen molar-refractivity contribution in [3.63, 3.8) is 0 Å². The Morgan fingerprint density at radius 2 is 2.13 bits per heavy atom. The zero-order valence-electron chi connectivity index (χ0n) is 9.83. The molecular formula is C12H22N2O. The van der Waals surface area contributed by atoms with Gasteiger partial charge in [0.2, 0.25) is 5.91 Å². The van der Waals surface area contributed by atoms with Crippen molar-refractivity contribution in [3.8, 4) is 0 Å². The highest BCUT2D eigenvalue weighted by Crippen LogP contribution is 2.29. The van der Waals surface area contributed by atoms with Crippen molar-refractivity contribution in [2.24, 2.45) is 5.92 Å². The van der Waals surface area contributed by atoms with Crippen LogP contribution in [-0.4, -0.2) is 36.5 Å². The monoisotopic (exact) mass is 210 g/mol. The van der Waals surface area contributed by atoms with Crippen LogP contribution >= 0.6 is 0 Å². The topological polar surface area (TPSA) is 32.3 Å². The molecule has 1 saturated carbocycles. The zero-order chi connectivity index (χ0) is 10.8. The van der Waals surface area contributed by atoms with Gasteiger partial charge in [-0.2, -0.15) is 0 Å². The molecule has 0 aromatic carbocycles. The summed E-state index contributed by atoms with van der Waals surface area (Å²) >= 11 is 0. The summed E-state index contributed by atoms with van der Waals surface area (Å²) in [5.74, 6) is 1.13. The molecule has 0 aromatic heterocycles. The first-order valence-corrected chi connectivity index (χ1v) is 6.20. The number of likely N-dealkylation sites (N-methyl/N-ethyl adjacent to an activating group) is 1. The number of amides is 1. The molecule has 1 saturated heterocycles. The smallest absolute Gasteiger partial charge is 0.240 e. The van der Waals surface area contributed by atoms with Gasteiger partial charge in [-0.1, -0.05) is 19.8 Å². The summed E-state index contributed by atoms with van der Waals surface area (Å²) in [6.45, 7) is 3.27. The quantitative estimate of drug-likeness (QED) is 0.747. The molecular weight excluding hydrogens is 188 g/mol. The first kappa shape index (κ1) is 10.9. The lowest BCUT2D eigenvalue weighted by Crippen LogP contribution is -2.43. The van der Waals surface area contributed by atoms with E-state index in [1.54, 1.807) is 0 Å². The molecule has 0 radical (unpaired) electrons. The Balaban J connectivity index is 1.96. The highest BCUT2D eigenvalue weighted by molar-refractivity contribution is 5.84. The lowest BCUT2D eigenvalue weighted by molar-refractivity contribution is -0.132. The number of hydrogen-bond acceptors (Lipinski definition) is 2. The summed E-state index contributed by atoms with van der Waals surface area (Å²) < 4.78 is 0. The average molecular weight is 210 g/mol. The normalized spacial score (nSPS) is 37.3. The zero-order valence-corrected chi connectivity index (χ0v) is 9.83. The van der Waals surface area contributed by atoms with Gasteiger partial charge in [0.15, 0.2) is 0 Å². The van der Waals surface area contributed by atoms with Crippen LogP contribution in [0.15, 0.2) is 0 Å². The van der Waals surface area contributed by atoms with E-state index in [2.05, 4.69) is 17.1 Å². The lowest BCUT2D eigenvalue weighted by atomic mass is 9.86. The number of hydrogen-bond donors (Lipinski definition) is 1. The fourth-order valence-corrected chi connectivity index (χ4v) is 3.02. The molecule has 3 nitrogen and oxygen atoms in total. The number of nitrogens with one attached hydrogen (secondary N) is 1. The third-order valence-electron chi connectivity index (χ3n) is 3.94. The van der Waals surface area contributed by atoms with Crippen molar-refractivity contribution in [1.82, 2.24) is 10.2 Å². The van der Waals surface area contributed by atoms with Crippen molar-refractivity contribution >= 4 is 5.91 Å². The van der Waals surface area contributed by atoms with Gasteiger partial charge in [0.05, 0.1) is 6.04 Å². The van der Waals surface area contributed by atoms with E-state index in [1.807, 2.05) is 7.05 Å². The van der Waals surface area contributed by atoms with E-state index in [-0.39, 0.29) is 6.04 Å². The SMILES string of the molecule is CNC1CCN(C2CCCC(C)C2)C1=O. The van der Waals surface area contributed by atoms with Crippen molar-refractivity contribution in [1.29, 1.82) is 0 Å². The Hall–Kier alpha value is -0.570. The van der Waals surface area contributed by atoms with Gasteiger partial charge in [-0.05, 0) is 32.2 Å². The summed E-state index contributed by atoms with van der Waals surface area (Å²) in [6, 6.07) is 0.613. The van der Waals surface area contributed by atoms with Crippen molar-refractivity contribution in [2.45, 2.75) is 51.1 Å². The van der Waals surface area contributed by atoms with Crippen molar-refractivity contribution in [2.75, 3.05) is 13.6 Å². The number of carbonyl (C=O) groups is 1. The molecule has 0 aromatic rings. The predicted molar refractivity (Wildman–Crippen MR) is 60.6 cm³/mol. The minimum Gasteiger partial charge on any atom is -0.338 e. The Labute approximate surface area is 92.2 Å². The van der Waals surface area contributed by atoms with E-state index in [0.29, 0.717) is 11.9 Å². The van der Waals surface area contributed by atoms with Crippen LogP contribution < -0.4 is 5.32 Å². The molecule has 3 unspecified atom stereocenters. The third kappa shape index (κ3) is 2.17. The van der Waals surface area contributed by atoms with Crippen LogP contribution in [0.5, 0.6) is 0 Å². The van der Waals surface area contributed by atoms with Crippen LogP contribution in [0.4, 0.5) is 0 Å². The van der Waals surface area contributed by atoms with Gasteiger partial charge < -0.3 is 10.2 Å². The van der Waals surface area contributed by atoms with Gasteiger partial charge >= 0.3 is 0 Å². The molecule has 1 aliphatic carbocycles. The van der Waals surface area contributed by atoms with Gasteiger partial charge in [0, 0.05) is 12.6 Å². The Kier molecular flexibility index (Phi) is 3.29. The number of rotatable bonds is 2. The lowest BCUT2D eigenvalue weighted by Gasteiger charge is -2.34. The fraction of sp³-hybridized carbons (Fsp3) is 0.917. The van der Waals surface area contributed by atoms with Crippen molar-refractivity contribution < 1.29 is 4.79 Å². The molecule has 2 rings (SSSR count). The number of carbonyl (C=O) groups excluding carboxylic acids is 1. The van der Waals surface area contributed by atoms with Gasteiger partial charge in [-0.15, -0.1) is 0 Å². The van der Waals surface area contributed by atoms with Gasteiger partial charge in [-0.3, -0.25) is 4.79 Å². The molecule has 0 spiro atoms. The highest BCUT2D eigenvalue weighted by Gasteiger charge is 2.36. The second-order valence-electron chi connectivity index (χ2n) is 5.09. The summed E-state index contributed by atoms with van der Waals surface area (Å²) in [5.41, 5.74) is 0. The van der Waals surface area contributed by atoms with Gasteiger partial charge in [0.25, 0.3) is 0 Å². The standard InChI is InChI=1S/C12H22N2O/c1-9-4-3-5-10(8-9)14-7-6-11(13-2)12(14)15/h9-11,13H,3-8H2,1-2H3. The van der Waals surface area contributed by atoms with Crippen LogP contribution in [0.25, 0.3) is 0 Å². The Bertz CT molecular complexity index is 242. The molecule has 1 aliphatic heterocycles. The number of nitrogens with zero attached hydrogens (tertiary/aromatic N) is 1. The first-order chi connectivity index (χ1) is 7.22.